The maximum Gasteiger partial charge on any atom is 0.490 e. The fourth-order valence-corrected chi connectivity index (χ4v) is 3.21. The number of carbonyl (C=O) groups excluding carboxylic acids is 1. The molecule has 0 aliphatic carbocycles. The van der Waals surface area contributed by atoms with Crippen LogP contribution in [-0.4, -0.2) is 39.0 Å². The zero-order valence-electron chi connectivity index (χ0n) is 16.3. The molecule has 0 unspecified atom stereocenters. The molecular formula is C19H22ClF3N4O3. The van der Waals surface area contributed by atoms with E-state index < -0.39 is 12.1 Å². The molecule has 1 saturated heterocycles. The van der Waals surface area contributed by atoms with E-state index in [1.165, 1.54) is 5.56 Å². The van der Waals surface area contributed by atoms with Crippen LogP contribution >= 0.6 is 11.6 Å². The molecule has 3 N–H and O–H groups in total. The second kappa shape index (κ2) is 9.94. The number of aryl methyl sites for hydroxylation is 1. The number of hydrogen-bond donors (Lipinski definition) is 3. The Labute approximate surface area is 176 Å². The minimum atomic E-state index is -5.08. The fourth-order valence-electron chi connectivity index (χ4n) is 3.02. The third-order valence-electron chi connectivity index (χ3n) is 4.66. The maximum absolute atomic E-state index is 11.8. The van der Waals surface area contributed by atoms with Gasteiger partial charge in [0.1, 0.15) is 0 Å². The first-order valence-electron chi connectivity index (χ1n) is 9.04. The number of aliphatic carboxylic acids is 1. The van der Waals surface area contributed by atoms with Gasteiger partial charge in [0.05, 0.1) is 12.2 Å². The van der Waals surface area contributed by atoms with E-state index in [2.05, 4.69) is 21.8 Å². The molecule has 30 heavy (non-hydrogen) atoms. The number of piperidine rings is 1. The number of aromatic nitrogens is 2. The first kappa shape index (κ1) is 23.7. The monoisotopic (exact) mass is 446 g/mol. The summed E-state index contributed by atoms with van der Waals surface area (Å²) in [6, 6.07) is 6.07. The summed E-state index contributed by atoms with van der Waals surface area (Å²) in [7, 11) is 1.88. The van der Waals surface area contributed by atoms with Crippen LogP contribution in [0.2, 0.25) is 5.02 Å². The number of carboxylic acids is 1. The lowest BCUT2D eigenvalue weighted by Crippen LogP contribution is -2.48. The van der Waals surface area contributed by atoms with Gasteiger partial charge in [0.25, 0.3) is 0 Å². The second-order valence-corrected chi connectivity index (χ2v) is 7.25. The molecule has 1 amide bonds. The summed E-state index contributed by atoms with van der Waals surface area (Å²) in [5, 5.41) is 18.8. The van der Waals surface area contributed by atoms with Crippen LogP contribution in [0.1, 0.15) is 35.6 Å². The topological polar surface area (TPSA) is 96.3 Å². The number of halogens is 4. The number of rotatable bonds is 4. The number of carboxylic acid groups (broad SMARTS) is 1. The predicted octanol–water partition coefficient (Wildman–Crippen LogP) is 3.12. The van der Waals surface area contributed by atoms with Gasteiger partial charge in [-0.05, 0) is 30.5 Å². The van der Waals surface area contributed by atoms with Crippen molar-refractivity contribution in [2.45, 2.75) is 44.6 Å². The summed E-state index contributed by atoms with van der Waals surface area (Å²) in [6.45, 7) is 2.75. The minimum Gasteiger partial charge on any atom is -0.475 e. The highest BCUT2D eigenvalue weighted by atomic mass is 35.5. The molecular weight excluding hydrogens is 425 g/mol. The van der Waals surface area contributed by atoms with E-state index in [4.69, 9.17) is 21.5 Å². The molecule has 164 valence electrons. The van der Waals surface area contributed by atoms with Crippen molar-refractivity contribution in [2.24, 2.45) is 7.05 Å². The van der Waals surface area contributed by atoms with E-state index in [1.54, 1.807) is 4.68 Å². The van der Waals surface area contributed by atoms with Crippen molar-refractivity contribution in [3.05, 3.63) is 52.3 Å². The molecule has 1 aromatic heterocycles. The van der Waals surface area contributed by atoms with Gasteiger partial charge in [-0.3, -0.25) is 9.48 Å². The van der Waals surface area contributed by atoms with Crippen LogP contribution in [-0.2, 0) is 23.2 Å². The molecule has 0 bridgehead atoms. The van der Waals surface area contributed by atoms with Crippen molar-refractivity contribution in [3.63, 3.8) is 0 Å². The zero-order valence-corrected chi connectivity index (χ0v) is 17.1. The van der Waals surface area contributed by atoms with E-state index in [1.807, 2.05) is 38.5 Å². The smallest absolute Gasteiger partial charge is 0.475 e. The lowest BCUT2D eigenvalue weighted by molar-refractivity contribution is -0.192. The van der Waals surface area contributed by atoms with Crippen molar-refractivity contribution in [3.8, 4) is 0 Å². The Hall–Kier alpha value is -2.59. The lowest BCUT2D eigenvalue weighted by atomic mass is 9.93. The molecule has 1 aliphatic heterocycles. The van der Waals surface area contributed by atoms with Gasteiger partial charge >= 0.3 is 12.1 Å². The number of nitrogens with one attached hydrogen (secondary N) is 2. The van der Waals surface area contributed by atoms with Gasteiger partial charge < -0.3 is 15.7 Å². The largest absolute Gasteiger partial charge is 0.490 e. The summed E-state index contributed by atoms with van der Waals surface area (Å²) in [5.41, 5.74) is 3.31. The van der Waals surface area contributed by atoms with Crippen molar-refractivity contribution in [1.82, 2.24) is 20.4 Å². The minimum absolute atomic E-state index is 0.0514. The Morgan fingerprint density at radius 1 is 1.43 bits per heavy atom. The number of carbonyl (C=O) groups is 2. The van der Waals surface area contributed by atoms with Crippen molar-refractivity contribution in [1.29, 1.82) is 0 Å². The average Bonchev–Trinajstić information content (AvgIpc) is 3.09. The fraction of sp³-hybridized carbons (Fsp3) is 0.421. The summed E-state index contributed by atoms with van der Waals surface area (Å²) in [6.07, 6.45) is 0.0408. The number of alkyl halides is 3. The summed E-state index contributed by atoms with van der Waals surface area (Å²) >= 11 is 6.19. The van der Waals surface area contributed by atoms with Crippen LogP contribution in [0.5, 0.6) is 0 Å². The molecule has 7 nitrogen and oxygen atoms in total. The molecule has 2 atom stereocenters. The maximum atomic E-state index is 11.8. The lowest BCUT2D eigenvalue weighted by Gasteiger charge is -2.32. The van der Waals surface area contributed by atoms with Gasteiger partial charge in [-0.1, -0.05) is 23.7 Å². The van der Waals surface area contributed by atoms with Crippen LogP contribution in [0.3, 0.4) is 0 Å². The van der Waals surface area contributed by atoms with Gasteiger partial charge in [-0.2, -0.15) is 18.3 Å². The highest BCUT2D eigenvalue weighted by molar-refractivity contribution is 6.31. The van der Waals surface area contributed by atoms with Crippen LogP contribution in [0.15, 0.2) is 30.6 Å². The Morgan fingerprint density at radius 3 is 2.67 bits per heavy atom. The first-order valence-corrected chi connectivity index (χ1v) is 9.42. The summed E-state index contributed by atoms with van der Waals surface area (Å²) in [5.74, 6) is -2.66. The molecule has 2 aromatic rings. The Morgan fingerprint density at radius 2 is 2.10 bits per heavy atom. The van der Waals surface area contributed by atoms with Gasteiger partial charge in [-0.25, -0.2) is 4.79 Å². The number of hydrogen-bond acceptors (Lipinski definition) is 4. The molecule has 11 heteroatoms. The van der Waals surface area contributed by atoms with Crippen LogP contribution in [0, 0.1) is 6.92 Å². The molecule has 0 spiro atoms. The van der Waals surface area contributed by atoms with Crippen molar-refractivity contribution < 1.29 is 27.9 Å². The van der Waals surface area contributed by atoms with E-state index >= 15 is 0 Å². The molecule has 3 rings (SSSR count). The Balaban J connectivity index is 0.000000396. The highest BCUT2D eigenvalue weighted by Gasteiger charge is 2.38. The number of amides is 1. The quantitative estimate of drug-likeness (QED) is 0.670. The molecule has 0 radical (unpaired) electrons. The first-order chi connectivity index (χ1) is 14.0. The standard InChI is InChI=1S/C17H21ClN4O.C2HF3O2/c1-11-12(4-3-5-14(11)18)8-19-15-6-7-16(23)21-17(15)13-9-20-22(2)10-13;3-2(4,5)1(6)7/h3-5,9-10,15,17,19H,6-8H2,1-2H3,(H,21,23);(H,6,7)/t15-,17+;/m1./s1. The van der Waals surface area contributed by atoms with Gasteiger partial charge in [0, 0.05) is 42.8 Å². The predicted molar refractivity (Wildman–Crippen MR) is 104 cm³/mol. The second-order valence-electron chi connectivity index (χ2n) is 6.85. The van der Waals surface area contributed by atoms with Gasteiger partial charge in [0.2, 0.25) is 5.91 Å². The molecule has 1 aromatic carbocycles. The zero-order chi connectivity index (χ0) is 22.5. The molecule has 1 aliphatic rings. The van der Waals surface area contributed by atoms with E-state index in [0.29, 0.717) is 6.42 Å². The Kier molecular flexibility index (Phi) is 7.85. The average molecular weight is 447 g/mol. The van der Waals surface area contributed by atoms with E-state index in [-0.39, 0.29) is 18.0 Å². The van der Waals surface area contributed by atoms with Gasteiger partial charge in [-0.15, -0.1) is 0 Å². The number of benzene rings is 1. The van der Waals surface area contributed by atoms with Gasteiger partial charge in [0.15, 0.2) is 0 Å². The Bertz CT molecular complexity index is 901. The normalized spacial score (nSPS) is 18.9. The highest BCUT2D eigenvalue weighted by Crippen LogP contribution is 2.25. The third kappa shape index (κ3) is 6.46. The van der Waals surface area contributed by atoms with Crippen molar-refractivity contribution in [2.75, 3.05) is 0 Å². The van der Waals surface area contributed by atoms with E-state index in [9.17, 15) is 18.0 Å². The number of nitrogens with zero attached hydrogens (tertiary/aromatic N) is 2. The van der Waals surface area contributed by atoms with Crippen LogP contribution in [0.25, 0.3) is 0 Å². The van der Waals surface area contributed by atoms with E-state index in [0.717, 1.165) is 29.1 Å². The van der Waals surface area contributed by atoms with Crippen LogP contribution < -0.4 is 10.6 Å². The molecule has 1 fully saturated rings. The molecule has 2 heterocycles. The van der Waals surface area contributed by atoms with Crippen LogP contribution in [0.4, 0.5) is 13.2 Å². The SMILES string of the molecule is Cc1c(Cl)cccc1CN[C@@H]1CCC(=O)N[C@H]1c1cnn(C)c1.O=C(O)C(F)(F)F. The summed E-state index contributed by atoms with van der Waals surface area (Å²) < 4.78 is 33.5. The summed E-state index contributed by atoms with van der Waals surface area (Å²) in [4.78, 5) is 20.7. The van der Waals surface area contributed by atoms with Crippen molar-refractivity contribution >= 4 is 23.5 Å². The third-order valence-corrected chi connectivity index (χ3v) is 5.07. The molecule has 0 saturated carbocycles.